The summed E-state index contributed by atoms with van der Waals surface area (Å²) in [5.74, 6) is 8.02. The first-order valence-corrected chi connectivity index (χ1v) is 14.8. The number of rotatable bonds is 4. The highest BCUT2D eigenvalue weighted by molar-refractivity contribution is 5.93. The molecule has 7 rings (SSSR count). The molecule has 9 nitrogen and oxygen atoms in total. The summed E-state index contributed by atoms with van der Waals surface area (Å²) in [7, 11) is 0. The summed E-state index contributed by atoms with van der Waals surface area (Å²) >= 11 is 0. The molecule has 3 saturated heterocycles. The van der Waals surface area contributed by atoms with E-state index in [1.54, 1.807) is 6.92 Å². The number of pyridine rings is 2. The molecular formula is C31H38N6O3. The van der Waals surface area contributed by atoms with Crippen molar-refractivity contribution in [2.24, 2.45) is 0 Å². The third-order valence-electron chi connectivity index (χ3n) is 9.08. The Labute approximate surface area is 236 Å². The molecule has 40 heavy (non-hydrogen) atoms. The van der Waals surface area contributed by atoms with Crippen molar-refractivity contribution in [3.63, 3.8) is 0 Å². The maximum Gasteiger partial charge on any atom is 0.298 e. The van der Waals surface area contributed by atoms with Crippen LogP contribution >= 0.6 is 0 Å². The Morgan fingerprint density at radius 1 is 1.07 bits per heavy atom. The Kier molecular flexibility index (Phi) is 6.76. The summed E-state index contributed by atoms with van der Waals surface area (Å²) < 4.78 is 12.3. The van der Waals surface area contributed by atoms with E-state index in [1.807, 2.05) is 11.1 Å². The largest absolute Gasteiger partial charge is 0.482 e. The maximum atomic E-state index is 12.1. The number of fused-ring (bicyclic) bond motifs is 2. The highest BCUT2D eigenvalue weighted by atomic mass is 16.5. The third-order valence-corrected chi connectivity index (χ3v) is 9.08. The lowest BCUT2D eigenvalue weighted by Gasteiger charge is -2.47. The molecule has 1 amide bonds. The Bertz CT molecular complexity index is 1340. The minimum atomic E-state index is -0.138. The molecule has 6 heterocycles. The second-order valence-electron chi connectivity index (χ2n) is 11.7. The summed E-state index contributed by atoms with van der Waals surface area (Å²) in [5, 5.41) is 3.68. The normalized spacial score (nSPS) is 23.5. The van der Waals surface area contributed by atoms with Crippen LogP contribution in [-0.2, 0) is 9.53 Å². The zero-order chi connectivity index (χ0) is 27.2. The van der Waals surface area contributed by atoms with E-state index in [2.05, 4.69) is 46.0 Å². The second kappa shape index (κ2) is 10.6. The molecule has 4 fully saturated rings. The summed E-state index contributed by atoms with van der Waals surface area (Å²) in [6, 6.07) is 4.84. The summed E-state index contributed by atoms with van der Waals surface area (Å²) in [6.45, 7) is 10.7. The first kappa shape index (κ1) is 25.6. The SMILES string of the molecule is CC#CC(=O)N1CCC(N2CC(c3cc4c(c(C5CC5)n3)O[C@@H](C)c3c(N5CCOCC5)ccnc3N4)C2)CC1. The van der Waals surface area contributed by atoms with Gasteiger partial charge in [0.25, 0.3) is 5.91 Å². The molecule has 5 aliphatic rings. The molecule has 2 aromatic rings. The average Bonchev–Trinajstić information content (AvgIpc) is 3.80. The van der Waals surface area contributed by atoms with Crippen LogP contribution in [0, 0.1) is 11.8 Å². The number of carbonyl (C=O) groups excluding carboxylic acids is 1. The van der Waals surface area contributed by atoms with E-state index in [0.29, 0.717) is 17.9 Å². The second-order valence-corrected chi connectivity index (χ2v) is 11.7. The van der Waals surface area contributed by atoms with Crippen molar-refractivity contribution >= 4 is 23.1 Å². The van der Waals surface area contributed by atoms with Gasteiger partial charge in [0.2, 0.25) is 0 Å². The number of amides is 1. The van der Waals surface area contributed by atoms with Crippen LogP contribution in [0.25, 0.3) is 0 Å². The average molecular weight is 543 g/mol. The Hall–Kier alpha value is -3.35. The van der Waals surface area contributed by atoms with Crippen molar-refractivity contribution in [3.05, 3.63) is 35.3 Å². The highest BCUT2D eigenvalue weighted by Gasteiger charge is 2.39. The van der Waals surface area contributed by atoms with Gasteiger partial charge in [-0.25, -0.2) is 4.98 Å². The van der Waals surface area contributed by atoms with Crippen LogP contribution < -0.4 is 15.0 Å². The van der Waals surface area contributed by atoms with E-state index in [1.165, 1.54) is 18.5 Å². The van der Waals surface area contributed by atoms with E-state index >= 15 is 0 Å². The summed E-state index contributed by atoms with van der Waals surface area (Å²) in [5.41, 5.74) is 5.53. The van der Waals surface area contributed by atoms with Crippen LogP contribution in [0.5, 0.6) is 5.75 Å². The number of piperidine rings is 1. The number of nitrogens with one attached hydrogen (secondary N) is 1. The molecule has 4 aliphatic heterocycles. The van der Waals surface area contributed by atoms with Gasteiger partial charge in [0.15, 0.2) is 5.75 Å². The summed E-state index contributed by atoms with van der Waals surface area (Å²) in [4.78, 5) is 29.0. The van der Waals surface area contributed by atoms with Gasteiger partial charge in [-0.05, 0) is 57.6 Å². The van der Waals surface area contributed by atoms with E-state index in [0.717, 1.165) is 99.5 Å². The molecule has 0 bridgehead atoms. The van der Waals surface area contributed by atoms with Crippen LogP contribution in [0.4, 0.5) is 17.2 Å². The van der Waals surface area contributed by atoms with Gasteiger partial charge in [0, 0.05) is 74.7 Å². The Morgan fingerprint density at radius 2 is 1.85 bits per heavy atom. The number of hydrogen-bond acceptors (Lipinski definition) is 8. The number of ether oxygens (including phenoxy) is 2. The number of aromatic nitrogens is 2. The standard InChI is InChI=1S/C31H38N6O3/c1-3-4-27(38)36-11-8-23(9-12-36)37-18-22(19-37)24-17-25-30(29(33-24)21-5-6-21)40-20(2)28-26(7-10-32-31(28)34-25)35-13-15-39-16-14-35/h7,10,17,20-23H,5-6,8-9,11-16,18-19H2,1-2H3,(H,32,34)/t20-/m0/s1. The quantitative estimate of drug-likeness (QED) is 0.585. The molecule has 0 radical (unpaired) electrons. The van der Waals surface area contributed by atoms with Crippen molar-refractivity contribution in [3.8, 4) is 17.6 Å². The van der Waals surface area contributed by atoms with Crippen LogP contribution in [-0.4, -0.2) is 84.2 Å². The predicted molar refractivity (Wildman–Crippen MR) is 153 cm³/mol. The zero-order valence-electron chi connectivity index (χ0n) is 23.5. The van der Waals surface area contributed by atoms with Gasteiger partial charge in [-0.3, -0.25) is 14.7 Å². The van der Waals surface area contributed by atoms with Crippen molar-refractivity contribution < 1.29 is 14.3 Å². The van der Waals surface area contributed by atoms with Crippen molar-refractivity contribution in [1.82, 2.24) is 19.8 Å². The molecule has 1 N–H and O–H groups in total. The van der Waals surface area contributed by atoms with E-state index < -0.39 is 0 Å². The van der Waals surface area contributed by atoms with E-state index in [4.69, 9.17) is 19.4 Å². The molecule has 0 spiro atoms. The molecule has 1 saturated carbocycles. The van der Waals surface area contributed by atoms with Crippen LogP contribution in [0.1, 0.15) is 74.4 Å². The lowest BCUT2D eigenvalue weighted by atomic mass is 9.90. The molecule has 2 aromatic heterocycles. The van der Waals surface area contributed by atoms with Crippen molar-refractivity contribution in [2.45, 2.75) is 63.5 Å². The fourth-order valence-corrected chi connectivity index (χ4v) is 6.66. The smallest absolute Gasteiger partial charge is 0.298 e. The van der Waals surface area contributed by atoms with E-state index in [9.17, 15) is 4.79 Å². The molecule has 210 valence electrons. The number of carbonyl (C=O) groups is 1. The molecular weight excluding hydrogens is 504 g/mol. The van der Waals surface area contributed by atoms with Gasteiger partial charge < -0.3 is 24.6 Å². The number of likely N-dealkylation sites (tertiary alicyclic amines) is 2. The lowest BCUT2D eigenvalue weighted by molar-refractivity contribution is -0.126. The first-order valence-electron chi connectivity index (χ1n) is 14.8. The first-order chi connectivity index (χ1) is 19.6. The summed E-state index contributed by atoms with van der Waals surface area (Å²) in [6.07, 6.45) is 6.12. The Morgan fingerprint density at radius 3 is 2.58 bits per heavy atom. The van der Waals surface area contributed by atoms with Gasteiger partial charge in [-0.15, -0.1) is 0 Å². The number of nitrogens with zero attached hydrogens (tertiary/aromatic N) is 5. The van der Waals surface area contributed by atoms with Gasteiger partial charge in [0.05, 0.1) is 30.2 Å². The Balaban J connectivity index is 1.10. The maximum absolute atomic E-state index is 12.1. The van der Waals surface area contributed by atoms with Crippen LogP contribution in [0.3, 0.4) is 0 Å². The van der Waals surface area contributed by atoms with Gasteiger partial charge >= 0.3 is 0 Å². The van der Waals surface area contributed by atoms with Gasteiger partial charge in [0.1, 0.15) is 11.9 Å². The number of hydrogen-bond donors (Lipinski definition) is 1. The van der Waals surface area contributed by atoms with Crippen molar-refractivity contribution in [1.29, 1.82) is 0 Å². The minimum Gasteiger partial charge on any atom is -0.482 e. The van der Waals surface area contributed by atoms with E-state index in [-0.39, 0.29) is 12.0 Å². The zero-order valence-corrected chi connectivity index (χ0v) is 23.5. The third kappa shape index (κ3) is 4.77. The van der Waals surface area contributed by atoms with Crippen LogP contribution in [0.15, 0.2) is 18.3 Å². The van der Waals surface area contributed by atoms with Gasteiger partial charge in [-0.1, -0.05) is 5.92 Å². The fourth-order valence-electron chi connectivity index (χ4n) is 6.66. The lowest BCUT2D eigenvalue weighted by Crippen LogP contribution is -2.54. The van der Waals surface area contributed by atoms with Crippen molar-refractivity contribution in [2.75, 3.05) is 62.7 Å². The van der Waals surface area contributed by atoms with Crippen LogP contribution in [0.2, 0.25) is 0 Å². The molecule has 9 heteroatoms. The number of anilines is 3. The molecule has 1 atom stereocenters. The molecule has 0 aromatic carbocycles. The fraction of sp³-hybridized carbons (Fsp3) is 0.581. The molecule has 1 aliphatic carbocycles. The topological polar surface area (TPSA) is 83.1 Å². The van der Waals surface area contributed by atoms with Gasteiger partial charge in [-0.2, -0.15) is 0 Å². The minimum absolute atomic E-state index is 0.0404. The molecule has 0 unspecified atom stereocenters. The predicted octanol–water partition coefficient (Wildman–Crippen LogP) is 3.80. The monoisotopic (exact) mass is 542 g/mol. The highest BCUT2D eigenvalue weighted by Crippen LogP contribution is 2.51. The number of morpholine rings is 1.